The number of rotatable bonds is 1. The second kappa shape index (κ2) is 4.21. The van der Waals surface area contributed by atoms with Crippen LogP contribution >= 0.6 is 15.9 Å². The molecule has 2 heterocycles. The zero-order valence-corrected chi connectivity index (χ0v) is 11.3. The molecule has 18 heavy (non-hydrogen) atoms. The number of pyridine rings is 1. The highest BCUT2D eigenvalue weighted by Gasteiger charge is 2.09. The quantitative estimate of drug-likeness (QED) is 0.658. The minimum absolute atomic E-state index is 0.259. The molecule has 0 N–H and O–H groups in total. The fourth-order valence-corrected chi connectivity index (χ4v) is 2.53. The summed E-state index contributed by atoms with van der Waals surface area (Å²) in [5.74, 6) is -0.259. The van der Waals surface area contributed by atoms with Gasteiger partial charge in [0.2, 0.25) is 0 Å². The highest BCUT2D eigenvalue weighted by Crippen LogP contribution is 2.28. The topological polar surface area (TPSA) is 17.3 Å². The Morgan fingerprint density at radius 2 is 2.11 bits per heavy atom. The zero-order valence-electron chi connectivity index (χ0n) is 9.69. The molecule has 2 nitrogen and oxygen atoms in total. The smallest absolute Gasteiger partial charge is 0.140 e. The fraction of sp³-hybridized carbons (Fsp3) is 0.0714. The molecule has 0 radical (unpaired) electrons. The molecule has 90 valence electrons. The van der Waals surface area contributed by atoms with Crippen molar-refractivity contribution in [2.24, 2.45) is 0 Å². The molecule has 0 aliphatic heterocycles. The Morgan fingerprint density at radius 3 is 2.83 bits per heavy atom. The number of nitrogens with zero attached hydrogens (tertiary/aromatic N) is 2. The van der Waals surface area contributed by atoms with Crippen LogP contribution in [0.2, 0.25) is 0 Å². The Morgan fingerprint density at radius 1 is 1.28 bits per heavy atom. The van der Waals surface area contributed by atoms with Crippen LogP contribution in [0, 0.1) is 12.7 Å². The lowest BCUT2D eigenvalue weighted by Gasteiger charge is -1.99. The van der Waals surface area contributed by atoms with Gasteiger partial charge in [0, 0.05) is 22.4 Å². The van der Waals surface area contributed by atoms with Crippen molar-refractivity contribution >= 4 is 21.6 Å². The summed E-state index contributed by atoms with van der Waals surface area (Å²) in [5.41, 5.74) is 3.75. The lowest BCUT2D eigenvalue weighted by atomic mass is 10.2. The second-order valence-corrected chi connectivity index (χ2v) is 5.03. The first-order chi connectivity index (χ1) is 8.65. The SMILES string of the molecule is Cc1cccn2cc(-c3ccc(F)cc3Br)nc12. The first kappa shape index (κ1) is 11.4. The van der Waals surface area contributed by atoms with E-state index in [1.54, 1.807) is 6.07 Å². The highest BCUT2D eigenvalue weighted by atomic mass is 79.9. The van der Waals surface area contributed by atoms with Gasteiger partial charge in [-0.1, -0.05) is 6.07 Å². The monoisotopic (exact) mass is 304 g/mol. The summed E-state index contributed by atoms with van der Waals surface area (Å²) in [6.45, 7) is 2.02. The van der Waals surface area contributed by atoms with Gasteiger partial charge in [-0.25, -0.2) is 9.37 Å². The Bertz CT molecular complexity index is 734. The van der Waals surface area contributed by atoms with Crippen LogP contribution in [0.1, 0.15) is 5.56 Å². The summed E-state index contributed by atoms with van der Waals surface area (Å²) in [7, 11) is 0. The average molecular weight is 305 g/mol. The van der Waals surface area contributed by atoms with E-state index in [9.17, 15) is 4.39 Å². The number of hydrogen-bond donors (Lipinski definition) is 0. The van der Waals surface area contributed by atoms with Gasteiger partial charge in [0.15, 0.2) is 0 Å². The Labute approximate surface area is 112 Å². The van der Waals surface area contributed by atoms with Gasteiger partial charge in [0.1, 0.15) is 11.5 Å². The Kier molecular flexibility index (Phi) is 2.67. The summed E-state index contributed by atoms with van der Waals surface area (Å²) in [5, 5.41) is 0. The van der Waals surface area contributed by atoms with Crippen molar-refractivity contribution in [2.75, 3.05) is 0 Å². The Balaban J connectivity index is 2.23. The van der Waals surface area contributed by atoms with Crippen molar-refractivity contribution in [3.05, 3.63) is 58.6 Å². The number of hydrogen-bond acceptors (Lipinski definition) is 1. The molecule has 0 aliphatic carbocycles. The molecular weight excluding hydrogens is 295 g/mol. The van der Waals surface area contributed by atoms with Crippen LogP contribution in [0.15, 0.2) is 47.2 Å². The number of benzene rings is 1. The van der Waals surface area contributed by atoms with Crippen molar-refractivity contribution in [2.45, 2.75) is 6.92 Å². The molecule has 0 amide bonds. The Hall–Kier alpha value is -1.68. The van der Waals surface area contributed by atoms with Crippen LogP contribution in [-0.4, -0.2) is 9.38 Å². The summed E-state index contributed by atoms with van der Waals surface area (Å²) < 4.78 is 15.8. The summed E-state index contributed by atoms with van der Waals surface area (Å²) in [6.07, 6.45) is 3.90. The number of halogens is 2. The summed E-state index contributed by atoms with van der Waals surface area (Å²) in [4.78, 5) is 4.58. The third kappa shape index (κ3) is 1.82. The van der Waals surface area contributed by atoms with Gasteiger partial charge in [0.25, 0.3) is 0 Å². The molecule has 2 aromatic heterocycles. The number of aromatic nitrogens is 2. The van der Waals surface area contributed by atoms with E-state index in [2.05, 4.69) is 20.9 Å². The maximum absolute atomic E-state index is 13.1. The molecule has 0 aliphatic rings. The molecule has 4 heteroatoms. The minimum atomic E-state index is -0.259. The first-order valence-corrected chi connectivity index (χ1v) is 6.34. The van der Waals surface area contributed by atoms with Crippen molar-refractivity contribution < 1.29 is 4.39 Å². The molecule has 0 fully saturated rings. The van der Waals surface area contributed by atoms with Crippen LogP contribution < -0.4 is 0 Å². The molecule has 0 spiro atoms. The predicted molar refractivity (Wildman–Crippen MR) is 73.0 cm³/mol. The normalized spacial score (nSPS) is 11.1. The van der Waals surface area contributed by atoms with Crippen molar-refractivity contribution in [3.8, 4) is 11.3 Å². The largest absolute Gasteiger partial charge is 0.306 e. The van der Waals surface area contributed by atoms with E-state index >= 15 is 0 Å². The maximum atomic E-state index is 13.1. The van der Waals surface area contributed by atoms with Gasteiger partial charge in [0.05, 0.1) is 5.69 Å². The number of fused-ring (bicyclic) bond motifs is 1. The lowest BCUT2D eigenvalue weighted by Crippen LogP contribution is -1.84. The molecule has 0 saturated carbocycles. The van der Waals surface area contributed by atoms with Crippen LogP contribution in [0.4, 0.5) is 4.39 Å². The molecule has 0 atom stereocenters. The summed E-state index contributed by atoms with van der Waals surface area (Å²) >= 11 is 3.37. The van der Waals surface area contributed by atoms with Crippen molar-refractivity contribution in [3.63, 3.8) is 0 Å². The minimum Gasteiger partial charge on any atom is -0.306 e. The van der Waals surface area contributed by atoms with Gasteiger partial charge in [-0.3, -0.25) is 0 Å². The predicted octanol–water partition coefficient (Wildman–Crippen LogP) is 4.21. The fourth-order valence-electron chi connectivity index (χ4n) is 1.98. The van der Waals surface area contributed by atoms with Crippen LogP contribution in [0.25, 0.3) is 16.9 Å². The molecule has 3 aromatic rings. The molecule has 0 unspecified atom stereocenters. The van der Waals surface area contributed by atoms with Crippen LogP contribution in [0.3, 0.4) is 0 Å². The van der Waals surface area contributed by atoms with Gasteiger partial charge in [-0.2, -0.15) is 0 Å². The van der Waals surface area contributed by atoms with Crippen molar-refractivity contribution in [1.29, 1.82) is 0 Å². The van der Waals surface area contributed by atoms with E-state index in [-0.39, 0.29) is 5.82 Å². The molecule has 0 bridgehead atoms. The van der Waals surface area contributed by atoms with E-state index in [0.717, 1.165) is 22.5 Å². The number of aryl methyl sites for hydroxylation is 1. The van der Waals surface area contributed by atoms with Crippen molar-refractivity contribution in [1.82, 2.24) is 9.38 Å². The first-order valence-electron chi connectivity index (χ1n) is 5.55. The average Bonchev–Trinajstić information content (AvgIpc) is 2.74. The van der Waals surface area contributed by atoms with E-state index in [0.29, 0.717) is 4.47 Å². The van der Waals surface area contributed by atoms with E-state index in [1.807, 2.05) is 35.9 Å². The van der Waals surface area contributed by atoms with E-state index < -0.39 is 0 Å². The second-order valence-electron chi connectivity index (χ2n) is 4.17. The molecule has 1 aromatic carbocycles. The summed E-state index contributed by atoms with van der Waals surface area (Å²) in [6, 6.07) is 8.62. The molecule has 3 rings (SSSR count). The molecular formula is C14H10BrFN2. The van der Waals surface area contributed by atoms with E-state index in [4.69, 9.17) is 0 Å². The lowest BCUT2D eigenvalue weighted by molar-refractivity contribution is 0.627. The highest BCUT2D eigenvalue weighted by molar-refractivity contribution is 9.10. The zero-order chi connectivity index (χ0) is 12.7. The van der Waals surface area contributed by atoms with Gasteiger partial charge >= 0.3 is 0 Å². The van der Waals surface area contributed by atoms with Gasteiger partial charge < -0.3 is 4.40 Å². The van der Waals surface area contributed by atoms with Gasteiger partial charge in [-0.05, 0) is 52.7 Å². The van der Waals surface area contributed by atoms with Crippen LogP contribution in [-0.2, 0) is 0 Å². The standard InChI is InChI=1S/C14H10BrFN2/c1-9-3-2-6-18-8-13(17-14(9)18)11-5-4-10(16)7-12(11)15/h2-8H,1H3. The maximum Gasteiger partial charge on any atom is 0.140 e. The van der Waals surface area contributed by atoms with Gasteiger partial charge in [-0.15, -0.1) is 0 Å². The molecule has 0 saturated heterocycles. The number of imidazole rings is 1. The third-order valence-corrected chi connectivity index (χ3v) is 3.54. The van der Waals surface area contributed by atoms with E-state index in [1.165, 1.54) is 12.1 Å². The third-order valence-electron chi connectivity index (χ3n) is 2.88. The van der Waals surface area contributed by atoms with Crippen LogP contribution in [0.5, 0.6) is 0 Å².